The van der Waals surface area contributed by atoms with Crippen LogP contribution in [0.25, 0.3) is 10.2 Å². The molecule has 3 aromatic rings. The Hall–Kier alpha value is -1.65. The van der Waals surface area contributed by atoms with Gasteiger partial charge < -0.3 is 5.32 Å². The van der Waals surface area contributed by atoms with Crippen LogP contribution in [0, 0.1) is 0 Å². The average Bonchev–Trinajstić information content (AvgIpc) is 2.96. The lowest BCUT2D eigenvalue weighted by Crippen LogP contribution is -2.18. The number of fused-ring (bicyclic) bond motifs is 2. The summed E-state index contributed by atoms with van der Waals surface area (Å²) in [7, 11) is 0. The van der Waals surface area contributed by atoms with E-state index in [1.807, 2.05) is 11.4 Å². The number of hydrogen-bond acceptors (Lipinski definition) is 4. The van der Waals surface area contributed by atoms with Gasteiger partial charge in [-0.15, -0.1) is 11.3 Å². The van der Waals surface area contributed by atoms with Crippen LogP contribution in [0.2, 0.25) is 5.28 Å². The summed E-state index contributed by atoms with van der Waals surface area (Å²) in [5.74, 6) is 0.841. The SMILES string of the molecule is Clc1nc(NC2CCCc3ccccc32)c2ccsc2n1. The molecule has 2 heterocycles. The largest absolute Gasteiger partial charge is 0.363 e. The third kappa shape index (κ3) is 2.39. The Labute approximate surface area is 132 Å². The minimum atomic E-state index is 0.295. The van der Waals surface area contributed by atoms with Gasteiger partial charge in [-0.1, -0.05) is 24.3 Å². The highest BCUT2D eigenvalue weighted by molar-refractivity contribution is 7.16. The summed E-state index contributed by atoms with van der Waals surface area (Å²) >= 11 is 7.63. The predicted octanol–water partition coefficient (Wildman–Crippen LogP) is 4.83. The molecular formula is C16H14ClN3S. The van der Waals surface area contributed by atoms with Crippen LogP contribution in [-0.2, 0) is 6.42 Å². The van der Waals surface area contributed by atoms with Gasteiger partial charge in [0.05, 0.1) is 11.4 Å². The maximum Gasteiger partial charge on any atom is 0.225 e. The van der Waals surface area contributed by atoms with Gasteiger partial charge in [0, 0.05) is 0 Å². The fourth-order valence-electron chi connectivity index (χ4n) is 3.01. The lowest BCUT2D eigenvalue weighted by molar-refractivity contribution is 0.599. The quantitative estimate of drug-likeness (QED) is 0.688. The first-order valence-electron chi connectivity index (χ1n) is 7.06. The van der Waals surface area contributed by atoms with E-state index >= 15 is 0 Å². The lowest BCUT2D eigenvalue weighted by Gasteiger charge is -2.27. The summed E-state index contributed by atoms with van der Waals surface area (Å²) in [5, 5.41) is 6.95. The van der Waals surface area contributed by atoms with Crippen molar-refractivity contribution in [2.24, 2.45) is 0 Å². The number of hydrogen-bond donors (Lipinski definition) is 1. The van der Waals surface area contributed by atoms with E-state index in [2.05, 4.69) is 39.6 Å². The van der Waals surface area contributed by atoms with E-state index in [-0.39, 0.29) is 0 Å². The Balaban J connectivity index is 1.74. The molecular weight excluding hydrogens is 302 g/mol. The molecule has 3 nitrogen and oxygen atoms in total. The number of benzene rings is 1. The van der Waals surface area contributed by atoms with E-state index < -0.39 is 0 Å². The standard InChI is InChI=1S/C16H14ClN3S/c17-16-19-14(12-8-9-21-15(12)20-16)18-13-7-3-5-10-4-1-2-6-11(10)13/h1-2,4,6,8-9,13H,3,5,7H2,(H,18,19,20). The zero-order chi connectivity index (χ0) is 14.2. The molecule has 4 rings (SSSR count). The number of aryl methyl sites for hydroxylation is 1. The Bertz CT molecular complexity index is 799. The third-order valence-corrected chi connectivity index (χ3v) is 4.95. The molecule has 0 saturated carbocycles. The molecule has 0 spiro atoms. The minimum absolute atomic E-state index is 0.295. The smallest absolute Gasteiger partial charge is 0.225 e. The van der Waals surface area contributed by atoms with Crippen LogP contribution in [-0.4, -0.2) is 9.97 Å². The first kappa shape index (κ1) is 13.0. The zero-order valence-corrected chi connectivity index (χ0v) is 12.9. The molecule has 106 valence electrons. The van der Waals surface area contributed by atoms with E-state index in [1.54, 1.807) is 11.3 Å². The van der Waals surface area contributed by atoms with Gasteiger partial charge in [-0.2, -0.15) is 0 Å². The topological polar surface area (TPSA) is 37.8 Å². The fourth-order valence-corrected chi connectivity index (χ4v) is 3.99. The summed E-state index contributed by atoms with van der Waals surface area (Å²) in [6.45, 7) is 0. The van der Waals surface area contributed by atoms with Crippen molar-refractivity contribution < 1.29 is 0 Å². The first-order chi connectivity index (χ1) is 10.3. The number of aromatic nitrogens is 2. The van der Waals surface area contributed by atoms with Crippen molar-refractivity contribution >= 4 is 39.0 Å². The molecule has 1 N–H and O–H groups in total. The molecule has 0 radical (unpaired) electrons. The molecule has 1 aliphatic rings. The highest BCUT2D eigenvalue weighted by atomic mass is 35.5. The number of nitrogens with one attached hydrogen (secondary N) is 1. The van der Waals surface area contributed by atoms with Crippen molar-refractivity contribution in [3.8, 4) is 0 Å². The van der Waals surface area contributed by atoms with E-state index in [9.17, 15) is 0 Å². The average molecular weight is 316 g/mol. The van der Waals surface area contributed by atoms with Crippen LogP contribution in [0.5, 0.6) is 0 Å². The van der Waals surface area contributed by atoms with Crippen molar-refractivity contribution in [1.29, 1.82) is 0 Å². The van der Waals surface area contributed by atoms with Gasteiger partial charge >= 0.3 is 0 Å². The summed E-state index contributed by atoms with van der Waals surface area (Å²) in [6.07, 6.45) is 3.47. The second-order valence-corrected chi connectivity index (χ2v) is 6.50. The second-order valence-electron chi connectivity index (χ2n) is 5.27. The van der Waals surface area contributed by atoms with Crippen molar-refractivity contribution in [1.82, 2.24) is 9.97 Å². The minimum Gasteiger partial charge on any atom is -0.363 e. The number of anilines is 1. The van der Waals surface area contributed by atoms with Crippen LogP contribution in [0.1, 0.15) is 30.0 Å². The summed E-state index contributed by atoms with van der Waals surface area (Å²) in [5.41, 5.74) is 2.81. The maximum absolute atomic E-state index is 6.04. The highest BCUT2D eigenvalue weighted by Crippen LogP contribution is 2.34. The molecule has 0 saturated heterocycles. The van der Waals surface area contributed by atoms with Crippen LogP contribution >= 0.6 is 22.9 Å². The molecule has 0 amide bonds. The van der Waals surface area contributed by atoms with Crippen molar-refractivity contribution in [2.45, 2.75) is 25.3 Å². The monoisotopic (exact) mass is 315 g/mol. The summed E-state index contributed by atoms with van der Waals surface area (Å²) in [4.78, 5) is 9.59. The van der Waals surface area contributed by atoms with Gasteiger partial charge in [0.15, 0.2) is 0 Å². The van der Waals surface area contributed by atoms with Crippen LogP contribution < -0.4 is 5.32 Å². The first-order valence-corrected chi connectivity index (χ1v) is 8.32. The van der Waals surface area contributed by atoms with Gasteiger partial charge in [0.2, 0.25) is 5.28 Å². The third-order valence-electron chi connectivity index (χ3n) is 3.98. The molecule has 0 fully saturated rings. The van der Waals surface area contributed by atoms with Crippen molar-refractivity contribution in [3.05, 3.63) is 52.1 Å². The number of halogens is 1. The maximum atomic E-state index is 6.04. The number of thiophene rings is 1. The summed E-state index contributed by atoms with van der Waals surface area (Å²) in [6, 6.07) is 11.0. The second kappa shape index (κ2) is 5.28. The van der Waals surface area contributed by atoms with E-state index in [0.717, 1.165) is 28.9 Å². The molecule has 0 aliphatic heterocycles. The van der Waals surface area contributed by atoms with Gasteiger partial charge in [-0.3, -0.25) is 0 Å². The molecule has 5 heteroatoms. The molecule has 0 bridgehead atoms. The molecule has 2 aromatic heterocycles. The van der Waals surface area contributed by atoms with Gasteiger partial charge in [-0.05, 0) is 53.4 Å². The summed E-state index contributed by atoms with van der Waals surface area (Å²) < 4.78 is 0. The Morgan fingerprint density at radius 1 is 1.19 bits per heavy atom. The van der Waals surface area contributed by atoms with Crippen molar-refractivity contribution in [2.75, 3.05) is 5.32 Å². The zero-order valence-electron chi connectivity index (χ0n) is 11.3. The predicted molar refractivity (Wildman–Crippen MR) is 88.2 cm³/mol. The fraction of sp³-hybridized carbons (Fsp3) is 0.250. The van der Waals surface area contributed by atoms with E-state index in [4.69, 9.17) is 11.6 Å². The van der Waals surface area contributed by atoms with Gasteiger partial charge in [0.25, 0.3) is 0 Å². The molecule has 1 aliphatic carbocycles. The van der Waals surface area contributed by atoms with Crippen LogP contribution in [0.4, 0.5) is 5.82 Å². The number of rotatable bonds is 2. The van der Waals surface area contributed by atoms with Crippen LogP contribution in [0.15, 0.2) is 35.7 Å². The Morgan fingerprint density at radius 2 is 2.10 bits per heavy atom. The highest BCUT2D eigenvalue weighted by Gasteiger charge is 2.21. The van der Waals surface area contributed by atoms with Gasteiger partial charge in [0.1, 0.15) is 10.6 Å². The van der Waals surface area contributed by atoms with E-state index in [1.165, 1.54) is 17.5 Å². The molecule has 1 atom stereocenters. The van der Waals surface area contributed by atoms with Crippen molar-refractivity contribution in [3.63, 3.8) is 0 Å². The van der Waals surface area contributed by atoms with Crippen LogP contribution in [0.3, 0.4) is 0 Å². The lowest BCUT2D eigenvalue weighted by atomic mass is 9.88. The molecule has 1 aromatic carbocycles. The Morgan fingerprint density at radius 3 is 3.05 bits per heavy atom. The molecule has 1 unspecified atom stereocenters. The Kier molecular flexibility index (Phi) is 3.28. The van der Waals surface area contributed by atoms with Gasteiger partial charge in [-0.25, -0.2) is 9.97 Å². The number of nitrogens with zero attached hydrogens (tertiary/aromatic N) is 2. The van der Waals surface area contributed by atoms with E-state index in [0.29, 0.717) is 11.3 Å². The molecule has 21 heavy (non-hydrogen) atoms. The normalized spacial score (nSPS) is 17.7.